The molecule has 0 unspecified atom stereocenters. The minimum atomic E-state index is 1.69. The van der Waals surface area contributed by atoms with Gasteiger partial charge in [0.1, 0.15) is 0 Å². The third kappa shape index (κ3) is 26.4. The monoisotopic (exact) mass is 437 g/mol. The Morgan fingerprint density at radius 1 is 0.222 bits per heavy atom. The highest BCUT2D eigenvalue weighted by Crippen LogP contribution is 1.60. The summed E-state index contributed by atoms with van der Waals surface area (Å²) in [6, 6.07) is 0. The van der Waals surface area contributed by atoms with E-state index in [9.17, 15) is 0 Å². The standard InChI is InChI=1S/C36H5/c1-3-5-7-9-11-13-15-17-19-21-23-25-27-29-31-33-35-36-34-32-30-28-26-24-22-20-18-16-14-12-10-8-6-4-2/h1H2,2H3/q-1. The molecule has 0 aromatic heterocycles. The fourth-order valence-corrected chi connectivity index (χ4v) is 1.04. The molecule has 0 nitrogen and oxygen atoms in total. The molecule has 0 aliphatic rings. The van der Waals surface area contributed by atoms with Gasteiger partial charge in [-0.25, -0.2) is 5.92 Å². The molecular formula is C36H5-. The molecule has 0 aromatic carbocycles. The lowest BCUT2D eigenvalue weighted by Crippen LogP contribution is -1.57. The number of rotatable bonds is 0. The summed E-state index contributed by atoms with van der Waals surface area (Å²) in [4.78, 5) is 0. The molecule has 0 fully saturated rings. The van der Waals surface area contributed by atoms with Crippen LogP contribution >= 0.6 is 0 Å². The molecule has 0 radical (unpaired) electrons. The number of hydrogen-bond donors (Lipinski definition) is 0. The van der Waals surface area contributed by atoms with E-state index >= 15 is 0 Å². The van der Waals surface area contributed by atoms with E-state index < -0.39 is 0 Å². The normalized spacial score (nSPS) is 3.92. The molecule has 36 heavy (non-hydrogen) atoms. The van der Waals surface area contributed by atoms with Crippen LogP contribution in [0.2, 0.25) is 0 Å². The zero-order chi connectivity index (χ0) is 26.0. The van der Waals surface area contributed by atoms with Crippen LogP contribution in [-0.4, -0.2) is 0 Å². The second kappa shape index (κ2) is 27.4. The minimum Gasteiger partial charge on any atom is -0.284 e. The molecule has 0 rings (SSSR count). The second-order valence-corrected chi connectivity index (χ2v) is 4.43. The van der Waals surface area contributed by atoms with Crippen LogP contribution < -0.4 is 0 Å². The first-order chi connectivity index (χ1) is 17.9. The average Bonchev–Trinajstić information content (AvgIpc) is 2.89. The topological polar surface area (TPSA) is 0 Å². The quantitative estimate of drug-likeness (QED) is 0.390. The fourth-order valence-electron chi connectivity index (χ4n) is 1.04. The third-order valence-corrected chi connectivity index (χ3v) is 2.15. The first kappa shape index (κ1) is 28.4. The van der Waals surface area contributed by atoms with Crippen LogP contribution in [0.4, 0.5) is 0 Å². The molecule has 0 saturated heterocycles. The Kier molecular flexibility index (Phi) is 21.6. The van der Waals surface area contributed by atoms with Gasteiger partial charge in [-0.2, -0.15) is 6.92 Å². The van der Waals surface area contributed by atoms with Crippen LogP contribution in [0.3, 0.4) is 0 Å². The van der Waals surface area contributed by atoms with Gasteiger partial charge in [0.15, 0.2) is 0 Å². The van der Waals surface area contributed by atoms with Crippen LogP contribution in [0.5, 0.6) is 0 Å². The van der Waals surface area contributed by atoms with Gasteiger partial charge < -0.3 is 0 Å². The molecule has 0 amide bonds. The Morgan fingerprint density at radius 3 is 0.500 bits per heavy atom. The van der Waals surface area contributed by atoms with E-state index in [-0.39, 0.29) is 0 Å². The van der Waals surface area contributed by atoms with E-state index in [1.807, 2.05) is 0 Å². The molecule has 0 heteroatoms. The van der Waals surface area contributed by atoms with E-state index in [0.29, 0.717) is 0 Å². The lowest BCUT2D eigenvalue weighted by molar-refractivity contribution is 1.92. The summed E-state index contributed by atoms with van der Waals surface area (Å²) in [6.45, 7) is 5.00. The van der Waals surface area contributed by atoms with Gasteiger partial charge in [-0.15, -0.1) is 5.92 Å². The lowest BCUT2D eigenvalue weighted by atomic mass is 10.4. The summed E-state index contributed by atoms with van der Waals surface area (Å²) in [5.41, 5.74) is 0. The zero-order valence-corrected chi connectivity index (χ0v) is 18.7. The molecule has 0 aliphatic carbocycles. The highest BCUT2D eigenvalue weighted by molar-refractivity contribution is 5.49. The zero-order valence-electron chi connectivity index (χ0n) is 18.7. The Bertz CT molecular complexity index is 1830. The van der Waals surface area contributed by atoms with Crippen LogP contribution in [0.25, 0.3) is 0 Å². The summed E-state index contributed by atoms with van der Waals surface area (Å²) in [5.74, 6) is 85.0. The van der Waals surface area contributed by atoms with Crippen LogP contribution in [0, 0.1) is 208 Å². The maximum Gasteiger partial charge on any atom is 0 e. The van der Waals surface area contributed by atoms with Gasteiger partial charge in [0, 0.05) is 82.9 Å². The van der Waals surface area contributed by atoms with Crippen molar-refractivity contribution in [3.63, 3.8) is 0 Å². The van der Waals surface area contributed by atoms with E-state index in [1.54, 1.807) is 6.92 Å². The molecule has 0 saturated carbocycles. The van der Waals surface area contributed by atoms with Gasteiger partial charge in [-0.05, 0) is 102 Å². The molecular weight excluding hydrogens is 432 g/mol. The van der Waals surface area contributed by atoms with E-state index in [0.717, 1.165) is 0 Å². The molecule has 0 bridgehead atoms. The predicted molar refractivity (Wildman–Crippen MR) is 143 cm³/mol. The van der Waals surface area contributed by atoms with Gasteiger partial charge in [0.25, 0.3) is 0 Å². The molecule has 0 heterocycles. The van der Waals surface area contributed by atoms with Crippen molar-refractivity contribution in [1.29, 1.82) is 0 Å². The van der Waals surface area contributed by atoms with Crippen molar-refractivity contribution in [1.82, 2.24) is 0 Å². The molecule has 0 aromatic rings. The van der Waals surface area contributed by atoms with E-state index in [1.165, 1.54) is 0 Å². The van der Waals surface area contributed by atoms with Crippen molar-refractivity contribution in [2.45, 2.75) is 6.92 Å². The van der Waals surface area contributed by atoms with Crippen molar-refractivity contribution in [3.05, 3.63) is 6.92 Å². The van der Waals surface area contributed by atoms with Crippen molar-refractivity contribution < 1.29 is 0 Å². The largest absolute Gasteiger partial charge is 0.284 e. The summed E-state index contributed by atoms with van der Waals surface area (Å²) in [5, 5.41) is 0. The van der Waals surface area contributed by atoms with Crippen molar-refractivity contribution in [2.75, 3.05) is 0 Å². The first-order valence-corrected chi connectivity index (χ1v) is 9.10. The maximum atomic E-state index is 3.31. The van der Waals surface area contributed by atoms with Gasteiger partial charge in [-0.1, -0.05) is 5.92 Å². The maximum absolute atomic E-state index is 3.31. The van der Waals surface area contributed by atoms with E-state index in [4.69, 9.17) is 0 Å². The lowest BCUT2D eigenvalue weighted by Gasteiger charge is -1.64. The van der Waals surface area contributed by atoms with Crippen LogP contribution in [-0.2, 0) is 0 Å². The molecule has 0 N–H and O–H groups in total. The van der Waals surface area contributed by atoms with Crippen LogP contribution in [0.15, 0.2) is 0 Å². The Labute approximate surface area is 214 Å². The smallest absolute Gasteiger partial charge is 0 e. The van der Waals surface area contributed by atoms with Gasteiger partial charge in [-0.3, -0.25) is 5.92 Å². The minimum absolute atomic E-state index is 1.69. The van der Waals surface area contributed by atoms with Crippen molar-refractivity contribution in [3.8, 4) is 201 Å². The molecule has 150 valence electrons. The Morgan fingerprint density at radius 2 is 0.361 bits per heavy atom. The first-order valence-electron chi connectivity index (χ1n) is 9.10. The highest BCUT2D eigenvalue weighted by atomic mass is 13.6. The van der Waals surface area contributed by atoms with Gasteiger partial charge in [0.2, 0.25) is 0 Å². The SMILES string of the molecule is [CH2-]C#CC#CC#CC#CC#CC#CC#CC#CC#CC#CC#CC#CC#CC#CC#CC#CC#CC. The van der Waals surface area contributed by atoms with Crippen molar-refractivity contribution >= 4 is 0 Å². The fraction of sp³-hybridized carbons (Fsp3) is 0.0278. The third-order valence-electron chi connectivity index (χ3n) is 2.15. The van der Waals surface area contributed by atoms with Crippen LogP contribution in [0.1, 0.15) is 6.92 Å². The Hall–Kier alpha value is -7.61. The summed E-state index contributed by atoms with van der Waals surface area (Å²) in [6.07, 6.45) is 0. The number of hydrogen-bond acceptors (Lipinski definition) is 0. The predicted octanol–water partition coefficient (Wildman–Crippen LogP) is 0.898. The van der Waals surface area contributed by atoms with Crippen molar-refractivity contribution in [2.24, 2.45) is 0 Å². The highest BCUT2D eigenvalue weighted by Gasteiger charge is 1.60. The summed E-state index contributed by atoms with van der Waals surface area (Å²) in [7, 11) is 0. The van der Waals surface area contributed by atoms with E-state index in [2.05, 4.69) is 208 Å². The molecule has 0 atom stereocenters. The summed E-state index contributed by atoms with van der Waals surface area (Å²) < 4.78 is 0. The van der Waals surface area contributed by atoms with Gasteiger partial charge in [0.05, 0.1) is 0 Å². The molecule has 0 spiro atoms. The average molecular weight is 437 g/mol. The Balaban J connectivity index is 4.50. The molecule has 0 aliphatic heterocycles. The van der Waals surface area contributed by atoms with Gasteiger partial charge >= 0.3 is 0 Å². The second-order valence-electron chi connectivity index (χ2n) is 4.43. The summed E-state index contributed by atoms with van der Waals surface area (Å²) >= 11 is 0.